The number of nitrogens with zero attached hydrogens (tertiary/aromatic N) is 1. The molecule has 0 radical (unpaired) electrons. The molecule has 5 rings (SSSR count). The van der Waals surface area contributed by atoms with E-state index in [0.717, 1.165) is 29.7 Å². The van der Waals surface area contributed by atoms with Crippen LogP contribution in [0.4, 0.5) is 5.69 Å². The molecule has 0 fully saturated rings. The van der Waals surface area contributed by atoms with Gasteiger partial charge in [0.05, 0.1) is 18.1 Å². The molecule has 1 aromatic heterocycles. The van der Waals surface area contributed by atoms with E-state index in [2.05, 4.69) is 22.4 Å². The van der Waals surface area contributed by atoms with Crippen LogP contribution in [0, 0.1) is 10.1 Å². The van der Waals surface area contributed by atoms with Crippen molar-refractivity contribution in [3.8, 4) is 5.75 Å². The number of Topliss-reactive ketones (excluding diaryl/α,β-unsaturated/α-hetero) is 1. The number of aryl methyl sites for hydroxylation is 2. The molecule has 1 aliphatic carbocycles. The lowest BCUT2D eigenvalue weighted by Crippen LogP contribution is -2.29. The Balaban J connectivity index is 1.24. The van der Waals surface area contributed by atoms with Crippen LogP contribution in [-0.2, 0) is 12.8 Å². The minimum absolute atomic E-state index is 0.00604. The first-order valence-corrected chi connectivity index (χ1v) is 12.9. The number of hydrogen-bond acceptors (Lipinski definition) is 5. The normalized spacial score (nSPS) is 13.8. The number of H-pyrrole nitrogens is 1. The summed E-state index contributed by atoms with van der Waals surface area (Å²) in [5.74, 6) is 0.560. The fourth-order valence-corrected chi connectivity index (χ4v) is 5.18. The molecule has 1 aliphatic rings. The van der Waals surface area contributed by atoms with E-state index in [4.69, 9.17) is 16.3 Å². The van der Waals surface area contributed by atoms with Gasteiger partial charge in [-0.1, -0.05) is 41.9 Å². The summed E-state index contributed by atoms with van der Waals surface area (Å²) in [5.41, 5.74) is 4.91. The zero-order valence-electron chi connectivity index (χ0n) is 20.3. The SMILES string of the molecule is O=C(CNC(CCOc1ccc2c3c([nH]c2c1)CCCC3)c1ccccc1)c1ccc(Cl)c([N+](=O)[O-])c1. The Bertz CT molecular complexity index is 1430. The van der Waals surface area contributed by atoms with E-state index in [1.165, 1.54) is 47.7 Å². The molecule has 0 bridgehead atoms. The minimum Gasteiger partial charge on any atom is -0.493 e. The van der Waals surface area contributed by atoms with E-state index in [1.54, 1.807) is 0 Å². The van der Waals surface area contributed by atoms with Crippen molar-refractivity contribution >= 4 is 34.0 Å². The van der Waals surface area contributed by atoms with Crippen LogP contribution in [0.5, 0.6) is 5.75 Å². The Morgan fingerprint density at radius 2 is 1.89 bits per heavy atom. The summed E-state index contributed by atoms with van der Waals surface area (Å²) in [6.45, 7) is 0.484. The van der Waals surface area contributed by atoms with E-state index in [1.807, 2.05) is 36.4 Å². The van der Waals surface area contributed by atoms with Crippen molar-refractivity contribution < 1.29 is 14.5 Å². The number of carbonyl (C=O) groups is 1. The van der Waals surface area contributed by atoms with Crippen molar-refractivity contribution in [2.45, 2.75) is 38.1 Å². The van der Waals surface area contributed by atoms with Crippen LogP contribution in [0.1, 0.15) is 52.5 Å². The van der Waals surface area contributed by atoms with Gasteiger partial charge in [-0.3, -0.25) is 14.9 Å². The Kier molecular flexibility index (Phi) is 7.53. The van der Waals surface area contributed by atoms with Gasteiger partial charge >= 0.3 is 0 Å². The van der Waals surface area contributed by atoms with Crippen molar-refractivity contribution in [2.24, 2.45) is 0 Å². The van der Waals surface area contributed by atoms with Crippen LogP contribution in [-0.4, -0.2) is 28.8 Å². The number of rotatable bonds is 10. The van der Waals surface area contributed by atoms with Crippen molar-refractivity contribution in [1.82, 2.24) is 10.3 Å². The molecule has 2 N–H and O–H groups in total. The molecule has 7 nitrogen and oxygen atoms in total. The van der Waals surface area contributed by atoms with E-state index in [9.17, 15) is 14.9 Å². The molecule has 37 heavy (non-hydrogen) atoms. The lowest BCUT2D eigenvalue weighted by atomic mass is 9.96. The van der Waals surface area contributed by atoms with E-state index in [-0.39, 0.29) is 34.6 Å². The highest BCUT2D eigenvalue weighted by molar-refractivity contribution is 6.32. The number of ether oxygens (including phenoxy) is 1. The van der Waals surface area contributed by atoms with Gasteiger partial charge < -0.3 is 15.0 Å². The highest BCUT2D eigenvalue weighted by Gasteiger charge is 2.19. The zero-order valence-corrected chi connectivity index (χ0v) is 21.1. The standard InChI is InChI=1S/C29H28ClN3O4/c30-24-13-10-20(16-28(24)33(35)36)29(34)18-31-25(19-6-2-1-3-7-19)14-15-37-21-11-12-23-22-8-4-5-9-26(22)32-27(23)17-21/h1-3,6-7,10-13,16-17,25,31-32H,4-5,8-9,14-15,18H2. The summed E-state index contributed by atoms with van der Waals surface area (Å²) < 4.78 is 6.11. The van der Waals surface area contributed by atoms with Gasteiger partial charge in [-0.25, -0.2) is 0 Å². The molecule has 0 aliphatic heterocycles. The van der Waals surface area contributed by atoms with Gasteiger partial charge in [0.2, 0.25) is 0 Å². The molecule has 0 spiro atoms. The van der Waals surface area contributed by atoms with Gasteiger partial charge in [0, 0.05) is 46.8 Å². The van der Waals surface area contributed by atoms with Crippen LogP contribution < -0.4 is 10.1 Å². The lowest BCUT2D eigenvalue weighted by molar-refractivity contribution is -0.384. The van der Waals surface area contributed by atoms with E-state index >= 15 is 0 Å². The summed E-state index contributed by atoms with van der Waals surface area (Å²) >= 11 is 5.89. The summed E-state index contributed by atoms with van der Waals surface area (Å²) in [7, 11) is 0. The minimum atomic E-state index is -0.587. The number of aromatic amines is 1. The monoisotopic (exact) mass is 517 g/mol. The number of nitro benzene ring substituents is 1. The molecular formula is C29H28ClN3O4. The van der Waals surface area contributed by atoms with Gasteiger partial charge in [0.25, 0.3) is 5.69 Å². The van der Waals surface area contributed by atoms with Crippen LogP contribution >= 0.6 is 11.6 Å². The average Bonchev–Trinajstić information content (AvgIpc) is 3.29. The second-order valence-corrected chi connectivity index (χ2v) is 9.73. The number of hydrogen-bond donors (Lipinski definition) is 2. The average molecular weight is 518 g/mol. The molecular weight excluding hydrogens is 490 g/mol. The van der Waals surface area contributed by atoms with Gasteiger partial charge in [-0.2, -0.15) is 0 Å². The van der Waals surface area contributed by atoms with Gasteiger partial charge in [-0.15, -0.1) is 0 Å². The number of aromatic nitrogens is 1. The topological polar surface area (TPSA) is 97.3 Å². The number of carbonyl (C=O) groups excluding carboxylic acids is 1. The highest BCUT2D eigenvalue weighted by atomic mass is 35.5. The summed E-state index contributed by atoms with van der Waals surface area (Å²) in [6, 6.07) is 20.1. The highest BCUT2D eigenvalue weighted by Crippen LogP contribution is 2.31. The quantitative estimate of drug-likeness (QED) is 0.140. The Morgan fingerprint density at radius 1 is 1.08 bits per heavy atom. The maximum atomic E-state index is 12.8. The third-order valence-corrected chi connectivity index (χ3v) is 7.24. The second-order valence-electron chi connectivity index (χ2n) is 9.32. The largest absolute Gasteiger partial charge is 0.493 e. The van der Waals surface area contributed by atoms with Crippen LogP contribution in [0.15, 0.2) is 66.7 Å². The second kappa shape index (κ2) is 11.2. The van der Waals surface area contributed by atoms with Gasteiger partial charge in [0.15, 0.2) is 5.78 Å². The number of nitrogens with one attached hydrogen (secondary N) is 2. The Morgan fingerprint density at radius 3 is 2.70 bits per heavy atom. The molecule has 8 heteroatoms. The maximum absolute atomic E-state index is 12.8. The third kappa shape index (κ3) is 5.68. The maximum Gasteiger partial charge on any atom is 0.288 e. The first-order chi connectivity index (χ1) is 18.0. The van der Waals surface area contributed by atoms with Crippen LogP contribution in [0.25, 0.3) is 10.9 Å². The zero-order chi connectivity index (χ0) is 25.8. The number of halogens is 1. The van der Waals surface area contributed by atoms with Gasteiger partial charge in [-0.05, 0) is 61.1 Å². The van der Waals surface area contributed by atoms with E-state index < -0.39 is 4.92 Å². The van der Waals surface area contributed by atoms with Crippen molar-refractivity contribution in [1.29, 1.82) is 0 Å². The number of benzene rings is 3. The molecule has 0 saturated carbocycles. The lowest BCUT2D eigenvalue weighted by Gasteiger charge is -2.19. The van der Waals surface area contributed by atoms with Crippen molar-refractivity contribution in [3.05, 3.63) is 104 Å². The predicted molar refractivity (Wildman–Crippen MR) is 145 cm³/mol. The summed E-state index contributed by atoms with van der Waals surface area (Å²) in [6.07, 6.45) is 5.34. The van der Waals surface area contributed by atoms with Crippen molar-refractivity contribution in [3.63, 3.8) is 0 Å². The van der Waals surface area contributed by atoms with Gasteiger partial charge in [0.1, 0.15) is 10.8 Å². The smallest absolute Gasteiger partial charge is 0.288 e. The van der Waals surface area contributed by atoms with Crippen molar-refractivity contribution in [2.75, 3.05) is 13.2 Å². The summed E-state index contributed by atoms with van der Waals surface area (Å²) in [4.78, 5) is 27.0. The van der Waals surface area contributed by atoms with E-state index in [0.29, 0.717) is 13.0 Å². The molecule has 190 valence electrons. The molecule has 1 atom stereocenters. The Labute approximate surface area is 219 Å². The third-order valence-electron chi connectivity index (χ3n) is 6.92. The number of ketones is 1. The van der Waals surface area contributed by atoms with Crippen LogP contribution in [0.2, 0.25) is 5.02 Å². The van der Waals surface area contributed by atoms with Crippen LogP contribution in [0.3, 0.4) is 0 Å². The Hall–Kier alpha value is -3.68. The molecule has 0 amide bonds. The fourth-order valence-electron chi connectivity index (χ4n) is 4.99. The molecule has 1 unspecified atom stereocenters. The number of fused-ring (bicyclic) bond motifs is 3. The first kappa shape index (κ1) is 25.0. The first-order valence-electron chi connectivity index (χ1n) is 12.5. The summed E-state index contributed by atoms with van der Waals surface area (Å²) in [5, 5.41) is 15.8. The predicted octanol–water partition coefficient (Wildman–Crippen LogP) is 6.59. The molecule has 4 aromatic rings. The molecule has 0 saturated heterocycles. The molecule has 1 heterocycles. The molecule has 3 aromatic carbocycles. The number of nitro groups is 1. The fraction of sp³-hybridized carbons (Fsp3) is 0.276.